The van der Waals surface area contributed by atoms with Crippen LogP contribution in [-0.2, 0) is 20.7 Å². The molecule has 0 fully saturated rings. The van der Waals surface area contributed by atoms with Gasteiger partial charge in [-0.1, -0.05) is 18.2 Å². The molecule has 2 aromatic rings. The van der Waals surface area contributed by atoms with Crippen LogP contribution >= 0.6 is 11.3 Å². The van der Waals surface area contributed by atoms with E-state index < -0.39 is 12.0 Å². The van der Waals surface area contributed by atoms with Crippen LogP contribution in [0.1, 0.15) is 22.0 Å². The number of benzene rings is 1. The molecule has 22 heavy (non-hydrogen) atoms. The number of methoxy groups -OCH3 is 1. The zero-order chi connectivity index (χ0) is 16.1. The Balaban J connectivity index is 2.17. The SMILES string of the molecule is COC(=O)[C@H](NC(=O)Cc1cccs1)c1ccc(F)c(C)c1. The van der Waals surface area contributed by atoms with Crippen LogP contribution in [0.25, 0.3) is 0 Å². The summed E-state index contributed by atoms with van der Waals surface area (Å²) in [6.07, 6.45) is 0.186. The van der Waals surface area contributed by atoms with Crippen molar-refractivity contribution >= 4 is 23.2 Å². The predicted molar refractivity (Wildman–Crippen MR) is 82.1 cm³/mol. The van der Waals surface area contributed by atoms with Crippen LogP contribution < -0.4 is 5.32 Å². The zero-order valence-corrected chi connectivity index (χ0v) is 13.1. The van der Waals surface area contributed by atoms with Crippen molar-refractivity contribution in [3.05, 3.63) is 57.5 Å². The Morgan fingerprint density at radius 2 is 2.14 bits per heavy atom. The quantitative estimate of drug-likeness (QED) is 0.862. The van der Waals surface area contributed by atoms with Gasteiger partial charge < -0.3 is 10.1 Å². The van der Waals surface area contributed by atoms with Crippen LogP contribution in [0.15, 0.2) is 35.7 Å². The molecular weight excluding hydrogens is 305 g/mol. The van der Waals surface area contributed by atoms with Crippen molar-refractivity contribution in [2.24, 2.45) is 0 Å². The summed E-state index contributed by atoms with van der Waals surface area (Å²) in [6.45, 7) is 1.60. The minimum absolute atomic E-state index is 0.186. The second kappa shape index (κ2) is 7.17. The molecule has 0 aliphatic carbocycles. The van der Waals surface area contributed by atoms with Gasteiger partial charge in [0.05, 0.1) is 13.5 Å². The highest BCUT2D eigenvalue weighted by Gasteiger charge is 2.24. The van der Waals surface area contributed by atoms with Gasteiger partial charge in [-0.15, -0.1) is 11.3 Å². The third-order valence-electron chi connectivity index (χ3n) is 3.17. The maximum atomic E-state index is 13.4. The molecule has 0 saturated heterocycles. The number of thiophene rings is 1. The molecule has 0 spiro atoms. The number of aryl methyl sites for hydroxylation is 1. The van der Waals surface area contributed by atoms with Crippen molar-refractivity contribution in [3.63, 3.8) is 0 Å². The third-order valence-corrected chi connectivity index (χ3v) is 4.05. The van der Waals surface area contributed by atoms with Gasteiger partial charge in [0.15, 0.2) is 6.04 Å². The van der Waals surface area contributed by atoms with Gasteiger partial charge in [-0.2, -0.15) is 0 Å². The van der Waals surface area contributed by atoms with Crippen molar-refractivity contribution in [1.82, 2.24) is 5.32 Å². The summed E-state index contributed by atoms with van der Waals surface area (Å²) in [5.74, 6) is -1.25. The predicted octanol–water partition coefficient (Wildman–Crippen LogP) is 2.77. The molecule has 0 radical (unpaired) electrons. The average molecular weight is 321 g/mol. The molecule has 1 atom stereocenters. The maximum absolute atomic E-state index is 13.4. The molecule has 1 heterocycles. The number of carbonyl (C=O) groups excluding carboxylic acids is 2. The van der Waals surface area contributed by atoms with Crippen LogP contribution in [-0.4, -0.2) is 19.0 Å². The van der Waals surface area contributed by atoms with Gasteiger partial charge in [-0.3, -0.25) is 4.79 Å². The van der Waals surface area contributed by atoms with Gasteiger partial charge in [-0.05, 0) is 35.6 Å². The number of carbonyl (C=O) groups is 2. The number of ether oxygens (including phenoxy) is 1. The molecule has 2 rings (SSSR count). The lowest BCUT2D eigenvalue weighted by Crippen LogP contribution is -2.35. The van der Waals surface area contributed by atoms with Gasteiger partial charge in [0.25, 0.3) is 0 Å². The first-order chi connectivity index (χ1) is 10.5. The van der Waals surface area contributed by atoms with E-state index in [4.69, 9.17) is 4.74 Å². The number of nitrogens with one attached hydrogen (secondary N) is 1. The standard InChI is InChI=1S/C16H16FNO3S/c1-10-8-11(5-6-13(10)17)15(16(20)21-2)18-14(19)9-12-4-3-7-22-12/h3-8,15H,9H2,1-2H3,(H,18,19)/t15-/m1/s1. The average Bonchev–Trinajstić information content (AvgIpc) is 3.00. The summed E-state index contributed by atoms with van der Waals surface area (Å²) < 4.78 is 18.1. The lowest BCUT2D eigenvalue weighted by Gasteiger charge is -2.17. The molecular formula is C16H16FNO3S. The Morgan fingerprint density at radius 3 is 2.73 bits per heavy atom. The summed E-state index contributed by atoms with van der Waals surface area (Å²) in [5, 5.41) is 4.52. The van der Waals surface area contributed by atoms with E-state index in [0.29, 0.717) is 11.1 Å². The molecule has 6 heteroatoms. The molecule has 1 aromatic carbocycles. The molecule has 0 saturated carbocycles. The molecule has 0 unspecified atom stereocenters. The van der Waals surface area contributed by atoms with E-state index in [1.54, 1.807) is 6.92 Å². The van der Waals surface area contributed by atoms with Crippen LogP contribution in [0.5, 0.6) is 0 Å². The summed E-state index contributed by atoms with van der Waals surface area (Å²) in [4.78, 5) is 24.9. The van der Waals surface area contributed by atoms with Gasteiger partial charge in [0.1, 0.15) is 5.82 Å². The Kier molecular flexibility index (Phi) is 5.27. The first-order valence-corrected chi connectivity index (χ1v) is 7.55. The van der Waals surface area contributed by atoms with E-state index in [2.05, 4.69) is 5.32 Å². The van der Waals surface area contributed by atoms with Crippen LogP contribution in [0.3, 0.4) is 0 Å². The zero-order valence-electron chi connectivity index (χ0n) is 12.3. The van der Waals surface area contributed by atoms with Crippen molar-refractivity contribution in [3.8, 4) is 0 Å². The Labute approximate surface area is 131 Å². The number of hydrogen-bond donors (Lipinski definition) is 1. The first-order valence-electron chi connectivity index (χ1n) is 6.67. The first kappa shape index (κ1) is 16.2. The van der Waals surface area contributed by atoms with Crippen LogP contribution in [0.2, 0.25) is 0 Å². The normalized spacial score (nSPS) is 11.8. The Hall–Kier alpha value is -2.21. The van der Waals surface area contributed by atoms with E-state index >= 15 is 0 Å². The van der Waals surface area contributed by atoms with Gasteiger partial charge >= 0.3 is 5.97 Å². The summed E-state index contributed by atoms with van der Waals surface area (Å²) in [6, 6.07) is 7.02. The van der Waals surface area contributed by atoms with Crippen molar-refractivity contribution in [1.29, 1.82) is 0 Å². The number of esters is 1. The van der Waals surface area contributed by atoms with E-state index in [1.807, 2.05) is 17.5 Å². The smallest absolute Gasteiger partial charge is 0.333 e. The monoisotopic (exact) mass is 321 g/mol. The second-order valence-corrected chi connectivity index (χ2v) is 5.82. The third kappa shape index (κ3) is 3.92. The fraction of sp³-hybridized carbons (Fsp3) is 0.250. The summed E-state index contributed by atoms with van der Waals surface area (Å²) in [5.41, 5.74) is 0.893. The Morgan fingerprint density at radius 1 is 1.36 bits per heavy atom. The number of rotatable bonds is 5. The molecule has 1 amide bonds. The van der Waals surface area contributed by atoms with Crippen LogP contribution in [0, 0.1) is 12.7 Å². The van der Waals surface area contributed by atoms with Gasteiger partial charge in [-0.25, -0.2) is 9.18 Å². The van der Waals surface area contributed by atoms with Crippen molar-refractivity contribution in [2.45, 2.75) is 19.4 Å². The highest BCUT2D eigenvalue weighted by molar-refractivity contribution is 7.10. The lowest BCUT2D eigenvalue weighted by molar-refractivity contribution is -0.145. The maximum Gasteiger partial charge on any atom is 0.333 e. The van der Waals surface area contributed by atoms with Crippen molar-refractivity contribution in [2.75, 3.05) is 7.11 Å². The number of hydrogen-bond acceptors (Lipinski definition) is 4. The van der Waals surface area contributed by atoms with Crippen LogP contribution in [0.4, 0.5) is 4.39 Å². The highest BCUT2D eigenvalue weighted by atomic mass is 32.1. The second-order valence-electron chi connectivity index (χ2n) is 4.79. The number of amides is 1. The molecule has 0 aliphatic rings. The molecule has 1 N–H and O–H groups in total. The minimum atomic E-state index is -0.947. The molecule has 1 aromatic heterocycles. The van der Waals surface area contributed by atoms with E-state index in [0.717, 1.165) is 4.88 Å². The summed E-state index contributed by atoms with van der Waals surface area (Å²) in [7, 11) is 1.25. The summed E-state index contributed by atoms with van der Waals surface area (Å²) >= 11 is 1.47. The molecule has 0 bridgehead atoms. The molecule has 116 valence electrons. The molecule has 4 nitrogen and oxygen atoms in total. The fourth-order valence-electron chi connectivity index (χ4n) is 2.03. The highest BCUT2D eigenvalue weighted by Crippen LogP contribution is 2.19. The van der Waals surface area contributed by atoms with E-state index in [-0.39, 0.29) is 18.1 Å². The minimum Gasteiger partial charge on any atom is -0.467 e. The van der Waals surface area contributed by atoms with Crippen molar-refractivity contribution < 1.29 is 18.7 Å². The van der Waals surface area contributed by atoms with E-state index in [1.165, 1.54) is 36.6 Å². The Bertz CT molecular complexity index is 670. The largest absolute Gasteiger partial charge is 0.467 e. The number of halogens is 1. The van der Waals surface area contributed by atoms with Gasteiger partial charge in [0, 0.05) is 4.88 Å². The fourth-order valence-corrected chi connectivity index (χ4v) is 2.73. The lowest BCUT2D eigenvalue weighted by atomic mass is 10.0. The molecule has 0 aliphatic heterocycles. The topological polar surface area (TPSA) is 55.4 Å². The van der Waals surface area contributed by atoms with E-state index in [9.17, 15) is 14.0 Å². The van der Waals surface area contributed by atoms with Gasteiger partial charge in [0.2, 0.25) is 5.91 Å².